The Morgan fingerprint density at radius 1 is 1.00 bits per heavy atom. The summed E-state index contributed by atoms with van der Waals surface area (Å²) in [7, 11) is -2.19. The van der Waals surface area contributed by atoms with Gasteiger partial charge in [0.1, 0.15) is 5.75 Å². The number of ether oxygens (including phenoxy) is 1. The van der Waals surface area contributed by atoms with Gasteiger partial charge in [-0.2, -0.15) is 9.40 Å². The van der Waals surface area contributed by atoms with Gasteiger partial charge in [-0.25, -0.2) is 8.42 Å². The van der Waals surface area contributed by atoms with Crippen LogP contribution in [0.4, 0.5) is 0 Å². The molecule has 0 aliphatic carbocycles. The minimum atomic E-state index is -3.69. The van der Waals surface area contributed by atoms with Crippen LogP contribution in [0.1, 0.15) is 46.8 Å². The van der Waals surface area contributed by atoms with Crippen LogP contribution < -0.4 is 10.1 Å². The lowest BCUT2D eigenvalue weighted by Crippen LogP contribution is -2.38. The van der Waals surface area contributed by atoms with E-state index in [1.807, 2.05) is 22.9 Å². The van der Waals surface area contributed by atoms with Gasteiger partial charge >= 0.3 is 5.97 Å². The maximum absolute atomic E-state index is 13.4. The molecule has 0 bridgehead atoms. The van der Waals surface area contributed by atoms with E-state index in [4.69, 9.17) is 38.1 Å². The topological polar surface area (TPSA) is 131 Å². The highest BCUT2D eigenvalue weighted by atomic mass is 35.5. The van der Waals surface area contributed by atoms with Gasteiger partial charge in [0.15, 0.2) is 0 Å². The monoisotopic (exact) mass is 670 g/mol. The molecule has 1 fully saturated rings. The van der Waals surface area contributed by atoms with E-state index in [0.29, 0.717) is 59.5 Å². The predicted molar refractivity (Wildman–Crippen MR) is 172 cm³/mol. The van der Waals surface area contributed by atoms with Gasteiger partial charge in [-0.15, -0.1) is 0 Å². The van der Waals surface area contributed by atoms with Gasteiger partial charge < -0.3 is 15.2 Å². The number of carboxylic acids is 1. The number of rotatable bonds is 11. The Morgan fingerprint density at radius 3 is 2.33 bits per heavy atom. The van der Waals surface area contributed by atoms with E-state index in [1.165, 1.54) is 17.5 Å². The van der Waals surface area contributed by atoms with E-state index in [-0.39, 0.29) is 29.7 Å². The normalized spacial score (nSPS) is 14.3. The molecule has 4 aromatic rings. The molecule has 236 valence electrons. The second-order valence-electron chi connectivity index (χ2n) is 10.7. The van der Waals surface area contributed by atoms with Crippen LogP contribution in [0, 0.1) is 0 Å². The van der Waals surface area contributed by atoms with Crippen LogP contribution in [0.2, 0.25) is 10.0 Å². The first-order valence-corrected chi connectivity index (χ1v) is 16.5. The Hall–Kier alpha value is -3.90. The van der Waals surface area contributed by atoms with E-state index >= 15 is 0 Å². The molecule has 0 unspecified atom stereocenters. The van der Waals surface area contributed by atoms with Gasteiger partial charge in [-0.1, -0.05) is 41.4 Å². The number of amides is 1. The molecule has 0 atom stereocenters. The predicted octanol–water partition coefficient (Wildman–Crippen LogP) is 5.69. The molecule has 13 heteroatoms. The Labute approximate surface area is 271 Å². The Morgan fingerprint density at radius 2 is 1.69 bits per heavy atom. The van der Waals surface area contributed by atoms with E-state index < -0.39 is 16.0 Å². The van der Waals surface area contributed by atoms with Crippen molar-refractivity contribution in [2.45, 2.75) is 36.6 Å². The lowest BCUT2D eigenvalue weighted by Gasteiger charge is -2.31. The Bertz CT molecular complexity index is 1780. The van der Waals surface area contributed by atoms with Crippen molar-refractivity contribution in [3.63, 3.8) is 0 Å². The molecule has 1 aliphatic heterocycles. The lowest BCUT2D eigenvalue weighted by atomic mass is 9.93. The third-order valence-corrected chi connectivity index (χ3v) is 10.0. The fourth-order valence-electron chi connectivity index (χ4n) is 5.35. The summed E-state index contributed by atoms with van der Waals surface area (Å²) in [6.07, 6.45) is 1.04. The summed E-state index contributed by atoms with van der Waals surface area (Å²) < 4.78 is 35.4. The number of methoxy groups -OCH3 is 1. The number of aromatic nitrogens is 2. The third kappa shape index (κ3) is 7.85. The van der Waals surface area contributed by atoms with Crippen molar-refractivity contribution < 1.29 is 27.9 Å². The van der Waals surface area contributed by atoms with Gasteiger partial charge in [0.25, 0.3) is 5.91 Å². The van der Waals surface area contributed by atoms with Crippen molar-refractivity contribution in [2.75, 3.05) is 26.7 Å². The first-order valence-electron chi connectivity index (χ1n) is 14.3. The second kappa shape index (κ2) is 14.0. The van der Waals surface area contributed by atoms with Crippen LogP contribution in [0.15, 0.2) is 77.7 Å². The number of benzene rings is 3. The molecular formula is C32H32Cl2N4O6S. The quantitative estimate of drug-likeness (QED) is 0.210. The molecule has 1 aliphatic rings. The molecule has 45 heavy (non-hydrogen) atoms. The zero-order chi connectivity index (χ0) is 32.1. The summed E-state index contributed by atoms with van der Waals surface area (Å²) in [5.41, 5.74) is 3.73. The highest BCUT2D eigenvalue weighted by Gasteiger charge is 2.32. The maximum atomic E-state index is 13.4. The number of nitrogens with one attached hydrogen (secondary N) is 1. The minimum Gasteiger partial charge on any atom is -0.497 e. The lowest BCUT2D eigenvalue weighted by molar-refractivity contribution is -0.136. The number of sulfonamides is 1. The molecule has 2 heterocycles. The highest BCUT2D eigenvalue weighted by molar-refractivity contribution is 7.89. The fraction of sp³-hybridized carbons (Fsp3) is 0.281. The maximum Gasteiger partial charge on any atom is 0.305 e. The number of carbonyl (C=O) groups excluding carboxylic acids is 1. The van der Waals surface area contributed by atoms with Crippen LogP contribution in [0.5, 0.6) is 5.75 Å². The SMILES string of the molecule is COc1cccc(S(=O)(=O)N2CCC(c3cc(-c4cc(Cl)cc(Cl)c4)nn3Cc3ccc(C(=O)NCCC(=O)O)cc3)CC2)c1. The van der Waals surface area contributed by atoms with E-state index in [2.05, 4.69) is 5.32 Å². The molecule has 2 N–H and O–H groups in total. The van der Waals surface area contributed by atoms with Crippen LogP contribution >= 0.6 is 23.2 Å². The van der Waals surface area contributed by atoms with Crippen molar-refractivity contribution in [1.82, 2.24) is 19.4 Å². The molecule has 3 aromatic carbocycles. The average Bonchev–Trinajstić information content (AvgIpc) is 3.44. The summed E-state index contributed by atoms with van der Waals surface area (Å²) in [5, 5.41) is 17.3. The van der Waals surface area contributed by atoms with Gasteiger partial charge in [0, 0.05) is 58.5 Å². The van der Waals surface area contributed by atoms with Crippen molar-refractivity contribution in [3.8, 4) is 17.0 Å². The zero-order valence-corrected chi connectivity index (χ0v) is 26.8. The summed E-state index contributed by atoms with van der Waals surface area (Å²) in [6.45, 7) is 1.15. The van der Waals surface area contributed by atoms with E-state index in [1.54, 1.807) is 48.5 Å². The summed E-state index contributed by atoms with van der Waals surface area (Å²) in [5.74, 6) is -0.810. The zero-order valence-electron chi connectivity index (χ0n) is 24.4. The molecule has 0 saturated carbocycles. The van der Waals surface area contributed by atoms with Crippen molar-refractivity contribution >= 4 is 45.1 Å². The average molecular weight is 672 g/mol. The largest absolute Gasteiger partial charge is 0.497 e. The molecule has 0 spiro atoms. The number of hydrogen-bond donors (Lipinski definition) is 2. The standard InChI is InChI=1S/C32H32Cl2N4O6S/c1-44-27-3-2-4-28(18-27)45(42,43)37-13-10-22(11-14-37)30-19-29(24-15-25(33)17-26(34)16-24)36-38(30)20-21-5-7-23(8-6-21)32(41)35-12-9-31(39)40/h2-8,15-19,22H,9-14,20H2,1H3,(H,35,41)(H,39,40). The van der Waals surface area contributed by atoms with E-state index in [9.17, 15) is 18.0 Å². The van der Waals surface area contributed by atoms with Crippen LogP contribution in [0.3, 0.4) is 0 Å². The number of piperidine rings is 1. The van der Waals surface area contributed by atoms with Crippen LogP contribution in [-0.2, 0) is 21.4 Å². The Kier molecular flexibility index (Phi) is 10.1. The number of hydrogen-bond acceptors (Lipinski definition) is 6. The minimum absolute atomic E-state index is 0.0388. The van der Waals surface area contributed by atoms with Gasteiger partial charge in [0.05, 0.1) is 30.7 Å². The number of nitrogens with zero attached hydrogens (tertiary/aromatic N) is 3. The summed E-state index contributed by atoms with van der Waals surface area (Å²) in [6, 6.07) is 20.8. The molecule has 10 nitrogen and oxygen atoms in total. The van der Waals surface area contributed by atoms with Crippen molar-refractivity contribution in [2.24, 2.45) is 0 Å². The van der Waals surface area contributed by atoms with Crippen molar-refractivity contribution in [3.05, 3.63) is 99.7 Å². The van der Waals surface area contributed by atoms with Crippen LogP contribution in [0.25, 0.3) is 11.3 Å². The smallest absolute Gasteiger partial charge is 0.305 e. The first-order chi connectivity index (χ1) is 21.5. The molecule has 5 rings (SSSR count). The molecule has 0 radical (unpaired) electrons. The molecule has 1 aromatic heterocycles. The summed E-state index contributed by atoms with van der Waals surface area (Å²) >= 11 is 12.6. The second-order valence-corrected chi connectivity index (χ2v) is 13.5. The number of carbonyl (C=O) groups is 2. The molecule has 1 amide bonds. The van der Waals surface area contributed by atoms with Gasteiger partial charge in [0.2, 0.25) is 10.0 Å². The number of halogens is 2. The Balaban J connectivity index is 1.37. The van der Waals surface area contributed by atoms with Gasteiger partial charge in [-0.05, 0) is 66.9 Å². The van der Waals surface area contributed by atoms with Crippen LogP contribution in [-0.4, -0.2) is 66.2 Å². The van der Waals surface area contributed by atoms with Gasteiger partial charge in [-0.3, -0.25) is 14.3 Å². The molecular weight excluding hydrogens is 639 g/mol. The third-order valence-electron chi connectivity index (χ3n) is 7.69. The fourth-order valence-corrected chi connectivity index (χ4v) is 7.38. The van der Waals surface area contributed by atoms with E-state index in [0.717, 1.165) is 16.8 Å². The number of carboxylic acid groups (broad SMARTS) is 1. The summed E-state index contributed by atoms with van der Waals surface area (Å²) in [4.78, 5) is 23.3. The molecule has 1 saturated heterocycles. The first kappa shape index (κ1) is 32.5. The number of aliphatic carboxylic acids is 1. The highest BCUT2D eigenvalue weighted by Crippen LogP contribution is 2.35. The van der Waals surface area contributed by atoms with Crippen molar-refractivity contribution in [1.29, 1.82) is 0 Å².